The average molecular weight is 391 g/mol. The number of amides is 1. The number of rotatable bonds is 9. The van der Waals surface area contributed by atoms with Crippen molar-refractivity contribution >= 4 is 21.6 Å². The molecule has 0 fully saturated rings. The number of anilines is 1. The summed E-state index contributed by atoms with van der Waals surface area (Å²) in [4.78, 5) is 12.1. The van der Waals surface area contributed by atoms with Gasteiger partial charge in [0.05, 0.1) is 13.4 Å². The summed E-state index contributed by atoms with van der Waals surface area (Å²) in [7, 11) is -1.79. The Morgan fingerprint density at radius 1 is 1.04 bits per heavy atom. The number of nitrogens with zero attached hydrogens (tertiary/aromatic N) is 1. The molecule has 1 amide bonds. The molecule has 1 N–H and O–H groups in total. The molecule has 27 heavy (non-hydrogen) atoms. The summed E-state index contributed by atoms with van der Waals surface area (Å²) >= 11 is 0. The molecule has 2 aromatic rings. The molecule has 2 aromatic carbocycles. The molecule has 0 bridgehead atoms. The molecule has 0 spiro atoms. The maximum atomic E-state index is 12.1. The van der Waals surface area contributed by atoms with E-state index < -0.39 is 10.0 Å². The van der Waals surface area contributed by atoms with Crippen LogP contribution >= 0.6 is 0 Å². The molecule has 0 atom stereocenters. The Balaban J connectivity index is 1.89. The minimum Gasteiger partial charge on any atom is -0.497 e. The maximum absolute atomic E-state index is 12.1. The first kappa shape index (κ1) is 20.9. The number of sulfonamides is 1. The van der Waals surface area contributed by atoms with Crippen molar-refractivity contribution in [2.45, 2.75) is 19.8 Å². The Bertz CT molecular complexity index is 847. The Hall–Kier alpha value is -2.38. The van der Waals surface area contributed by atoms with E-state index in [1.807, 2.05) is 55.5 Å². The quantitative estimate of drug-likeness (QED) is 0.714. The number of carbonyl (C=O) groups is 1. The summed E-state index contributed by atoms with van der Waals surface area (Å²) in [5, 5.41) is 2.79. The second-order valence-electron chi connectivity index (χ2n) is 6.42. The van der Waals surface area contributed by atoms with Crippen LogP contribution in [0.2, 0.25) is 0 Å². The highest BCUT2D eigenvalue weighted by Gasteiger charge is 2.18. The van der Waals surface area contributed by atoms with E-state index in [2.05, 4.69) is 5.32 Å². The average Bonchev–Trinajstić information content (AvgIpc) is 2.63. The van der Waals surface area contributed by atoms with Crippen molar-refractivity contribution < 1.29 is 17.9 Å². The van der Waals surface area contributed by atoms with Gasteiger partial charge in [0, 0.05) is 25.2 Å². The van der Waals surface area contributed by atoms with Crippen molar-refractivity contribution in [2.75, 3.05) is 31.8 Å². The Labute approximate surface area is 161 Å². The van der Waals surface area contributed by atoms with Crippen LogP contribution in [0.1, 0.15) is 17.5 Å². The predicted molar refractivity (Wildman–Crippen MR) is 108 cm³/mol. The van der Waals surface area contributed by atoms with Gasteiger partial charge in [0.1, 0.15) is 5.75 Å². The molecule has 0 saturated carbocycles. The van der Waals surface area contributed by atoms with E-state index in [0.29, 0.717) is 18.7 Å². The number of benzene rings is 2. The number of hydrogen-bond donors (Lipinski definition) is 1. The third-order valence-corrected chi connectivity index (χ3v) is 5.50. The molecule has 0 aliphatic carbocycles. The van der Waals surface area contributed by atoms with Gasteiger partial charge in [-0.05, 0) is 43.2 Å². The monoisotopic (exact) mass is 390 g/mol. The third-order valence-electron chi connectivity index (χ3n) is 4.20. The zero-order valence-electron chi connectivity index (χ0n) is 15.9. The van der Waals surface area contributed by atoms with Gasteiger partial charge in [0.15, 0.2) is 0 Å². The van der Waals surface area contributed by atoms with Gasteiger partial charge in [0.2, 0.25) is 15.9 Å². The first-order valence-corrected chi connectivity index (χ1v) is 10.6. The largest absolute Gasteiger partial charge is 0.497 e. The number of ether oxygens (including phenoxy) is 1. The van der Waals surface area contributed by atoms with Gasteiger partial charge in [-0.2, -0.15) is 0 Å². The van der Waals surface area contributed by atoms with Gasteiger partial charge in [-0.1, -0.05) is 29.8 Å². The lowest BCUT2D eigenvalue weighted by Gasteiger charge is -2.20. The molecule has 0 aliphatic heterocycles. The molecular weight excluding hydrogens is 364 g/mol. The van der Waals surface area contributed by atoms with E-state index in [1.54, 1.807) is 7.11 Å². The standard InChI is InChI=1S/C20H26N2O4S/c1-16-4-8-18(9-5-16)21-20(23)13-15-22(27(3,24)25)14-12-17-6-10-19(26-2)11-7-17/h4-11H,12-15H2,1-3H3,(H,21,23). The van der Waals surface area contributed by atoms with Crippen LogP contribution in [0.25, 0.3) is 0 Å². The van der Waals surface area contributed by atoms with E-state index >= 15 is 0 Å². The first-order chi connectivity index (χ1) is 12.8. The summed E-state index contributed by atoms with van der Waals surface area (Å²) in [5.41, 5.74) is 2.82. The molecule has 0 saturated heterocycles. The zero-order valence-corrected chi connectivity index (χ0v) is 16.8. The van der Waals surface area contributed by atoms with Crippen molar-refractivity contribution in [1.82, 2.24) is 4.31 Å². The number of carbonyl (C=O) groups excluding carboxylic acids is 1. The van der Waals surface area contributed by atoms with Crippen molar-refractivity contribution in [3.63, 3.8) is 0 Å². The van der Waals surface area contributed by atoms with Crippen LogP contribution in [-0.4, -0.2) is 45.1 Å². The zero-order chi connectivity index (χ0) is 19.9. The highest BCUT2D eigenvalue weighted by Crippen LogP contribution is 2.13. The Morgan fingerprint density at radius 2 is 1.67 bits per heavy atom. The van der Waals surface area contributed by atoms with Crippen LogP contribution in [0.4, 0.5) is 5.69 Å². The smallest absolute Gasteiger partial charge is 0.225 e. The van der Waals surface area contributed by atoms with Gasteiger partial charge >= 0.3 is 0 Å². The van der Waals surface area contributed by atoms with Gasteiger partial charge in [-0.15, -0.1) is 0 Å². The van der Waals surface area contributed by atoms with Crippen molar-refractivity contribution in [2.24, 2.45) is 0 Å². The molecule has 0 aliphatic rings. The molecule has 0 radical (unpaired) electrons. The summed E-state index contributed by atoms with van der Waals surface area (Å²) < 4.78 is 30.5. The fourth-order valence-corrected chi connectivity index (χ4v) is 3.42. The van der Waals surface area contributed by atoms with Gasteiger partial charge in [-0.3, -0.25) is 4.79 Å². The summed E-state index contributed by atoms with van der Waals surface area (Å²) in [6.07, 6.45) is 1.83. The number of aryl methyl sites for hydroxylation is 1. The lowest BCUT2D eigenvalue weighted by molar-refractivity contribution is -0.116. The molecule has 2 rings (SSSR count). The minimum absolute atomic E-state index is 0.101. The van der Waals surface area contributed by atoms with E-state index in [-0.39, 0.29) is 18.9 Å². The summed E-state index contributed by atoms with van der Waals surface area (Å²) in [6, 6.07) is 15.0. The Kier molecular flexibility index (Phi) is 7.38. The number of methoxy groups -OCH3 is 1. The highest BCUT2D eigenvalue weighted by molar-refractivity contribution is 7.88. The second-order valence-corrected chi connectivity index (χ2v) is 8.41. The fraction of sp³-hybridized carbons (Fsp3) is 0.350. The van der Waals surface area contributed by atoms with E-state index in [4.69, 9.17) is 4.74 Å². The van der Waals surface area contributed by atoms with Gasteiger partial charge < -0.3 is 10.1 Å². The number of nitrogens with one attached hydrogen (secondary N) is 1. The molecule has 6 nitrogen and oxygen atoms in total. The van der Waals surface area contributed by atoms with Crippen LogP contribution in [-0.2, 0) is 21.2 Å². The first-order valence-electron chi connectivity index (χ1n) is 8.72. The van der Waals surface area contributed by atoms with Crippen LogP contribution < -0.4 is 10.1 Å². The molecule has 0 heterocycles. The summed E-state index contributed by atoms with van der Waals surface area (Å²) in [6.45, 7) is 2.44. The van der Waals surface area contributed by atoms with Crippen molar-refractivity contribution in [3.8, 4) is 5.75 Å². The van der Waals surface area contributed by atoms with Crippen LogP contribution in [0.3, 0.4) is 0 Å². The van der Waals surface area contributed by atoms with Crippen LogP contribution in [0.5, 0.6) is 5.75 Å². The lowest BCUT2D eigenvalue weighted by atomic mass is 10.1. The fourth-order valence-electron chi connectivity index (χ4n) is 2.58. The molecule has 146 valence electrons. The van der Waals surface area contributed by atoms with Crippen LogP contribution in [0, 0.1) is 6.92 Å². The normalized spacial score (nSPS) is 11.4. The summed E-state index contributed by atoms with van der Waals surface area (Å²) in [5.74, 6) is 0.545. The molecule has 0 unspecified atom stereocenters. The van der Waals surface area contributed by atoms with E-state index in [1.165, 1.54) is 10.6 Å². The van der Waals surface area contributed by atoms with Crippen LogP contribution in [0.15, 0.2) is 48.5 Å². The van der Waals surface area contributed by atoms with E-state index in [0.717, 1.165) is 16.9 Å². The maximum Gasteiger partial charge on any atom is 0.225 e. The minimum atomic E-state index is -3.39. The topological polar surface area (TPSA) is 75.7 Å². The third kappa shape index (κ3) is 7.03. The highest BCUT2D eigenvalue weighted by atomic mass is 32.2. The Morgan fingerprint density at radius 3 is 2.22 bits per heavy atom. The van der Waals surface area contributed by atoms with Gasteiger partial charge in [-0.25, -0.2) is 12.7 Å². The molecule has 7 heteroatoms. The van der Waals surface area contributed by atoms with E-state index in [9.17, 15) is 13.2 Å². The molecular formula is C20H26N2O4S. The molecule has 0 aromatic heterocycles. The number of hydrogen-bond acceptors (Lipinski definition) is 4. The van der Waals surface area contributed by atoms with Crippen molar-refractivity contribution in [1.29, 1.82) is 0 Å². The van der Waals surface area contributed by atoms with Gasteiger partial charge in [0.25, 0.3) is 0 Å². The lowest BCUT2D eigenvalue weighted by Crippen LogP contribution is -2.34. The second kappa shape index (κ2) is 9.53. The SMILES string of the molecule is COc1ccc(CCN(CCC(=O)Nc2ccc(C)cc2)S(C)(=O)=O)cc1. The predicted octanol–water partition coefficient (Wildman–Crippen LogP) is 2.84. The van der Waals surface area contributed by atoms with Crippen molar-refractivity contribution in [3.05, 3.63) is 59.7 Å².